The van der Waals surface area contributed by atoms with E-state index in [2.05, 4.69) is 24.4 Å². The van der Waals surface area contributed by atoms with Crippen molar-refractivity contribution in [1.82, 2.24) is 5.32 Å². The monoisotopic (exact) mass is 285 g/mol. The van der Waals surface area contributed by atoms with Crippen LogP contribution < -0.4 is 14.8 Å². The Hall–Kier alpha value is -2.00. The molecule has 0 saturated heterocycles. The lowest BCUT2D eigenvalue weighted by Gasteiger charge is -2.15. The summed E-state index contributed by atoms with van der Waals surface area (Å²) in [5.74, 6) is 1.83. The van der Waals surface area contributed by atoms with Gasteiger partial charge in [0.1, 0.15) is 18.1 Å². The minimum absolute atomic E-state index is 0.292. The molecule has 0 amide bonds. The predicted molar refractivity (Wildman–Crippen MR) is 86.0 cm³/mol. The van der Waals surface area contributed by atoms with Gasteiger partial charge in [-0.05, 0) is 43.7 Å². The molecule has 3 heteroatoms. The van der Waals surface area contributed by atoms with Crippen molar-refractivity contribution < 1.29 is 9.47 Å². The van der Waals surface area contributed by atoms with Gasteiger partial charge in [-0.3, -0.25) is 0 Å². The first-order chi connectivity index (χ1) is 10.3. The summed E-state index contributed by atoms with van der Waals surface area (Å²) in [7, 11) is 0. The Morgan fingerprint density at radius 2 is 1.57 bits per heavy atom. The van der Waals surface area contributed by atoms with E-state index in [1.807, 2.05) is 49.4 Å². The Bertz CT molecular complexity index is 511. The highest BCUT2D eigenvalue weighted by Gasteiger charge is 2.04. The zero-order valence-corrected chi connectivity index (χ0v) is 12.7. The second kappa shape index (κ2) is 8.32. The third-order valence-corrected chi connectivity index (χ3v) is 3.26. The van der Waals surface area contributed by atoms with Crippen LogP contribution in [0.15, 0.2) is 54.6 Å². The summed E-state index contributed by atoms with van der Waals surface area (Å²) in [4.78, 5) is 0. The molecule has 2 aromatic rings. The van der Waals surface area contributed by atoms with Crippen LogP contribution in [0.5, 0.6) is 11.5 Å². The van der Waals surface area contributed by atoms with E-state index in [1.54, 1.807) is 0 Å². The number of hydrogen-bond donors (Lipinski definition) is 1. The van der Waals surface area contributed by atoms with Crippen molar-refractivity contribution in [3.05, 3.63) is 60.2 Å². The molecule has 0 fully saturated rings. The molecule has 2 rings (SSSR count). The van der Waals surface area contributed by atoms with Crippen LogP contribution in [0.4, 0.5) is 0 Å². The number of hydrogen-bond acceptors (Lipinski definition) is 3. The van der Waals surface area contributed by atoms with Crippen LogP contribution in [-0.2, 0) is 0 Å². The first-order valence-corrected chi connectivity index (χ1v) is 7.43. The first-order valence-electron chi connectivity index (χ1n) is 7.43. The molecule has 1 atom stereocenters. The van der Waals surface area contributed by atoms with Gasteiger partial charge >= 0.3 is 0 Å². The molecule has 1 unspecified atom stereocenters. The SMILES string of the molecule is CCOc1ccc(C(C)NCCOc2ccccc2)cc1. The molecule has 112 valence electrons. The topological polar surface area (TPSA) is 30.5 Å². The van der Waals surface area contributed by atoms with Gasteiger partial charge in [-0.25, -0.2) is 0 Å². The molecule has 0 aliphatic rings. The number of rotatable bonds is 8. The first kappa shape index (κ1) is 15.4. The lowest BCUT2D eigenvalue weighted by Crippen LogP contribution is -2.24. The Balaban J connectivity index is 1.72. The van der Waals surface area contributed by atoms with Gasteiger partial charge < -0.3 is 14.8 Å². The average molecular weight is 285 g/mol. The number of ether oxygens (including phenoxy) is 2. The zero-order chi connectivity index (χ0) is 14.9. The number of para-hydroxylation sites is 1. The van der Waals surface area contributed by atoms with Gasteiger partial charge in [0.2, 0.25) is 0 Å². The van der Waals surface area contributed by atoms with Gasteiger partial charge in [0.25, 0.3) is 0 Å². The van der Waals surface area contributed by atoms with Crippen LogP contribution >= 0.6 is 0 Å². The van der Waals surface area contributed by atoms with Crippen LogP contribution in [0, 0.1) is 0 Å². The second-order valence-electron chi connectivity index (χ2n) is 4.84. The Morgan fingerprint density at radius 1 is 0.905 bits per heavy atom. The quantitative estimate of drug-likeness (QED) is 0.748. The van der Waals surface area contributed by atoms with Crippen LogP contribution in [0.2, 0.25) is 0 Å². The molecule has 3 nitrogen and oxygen atoms in total. The summed E-state index contributed by atoms with van der Waals surface area (Å²) >= 11 is 0. The van der Waals surface area contributed by atoms with Crippen molar-refractivity contribution in [3.8, 4) is 11.5 Å². The minimum Gasteiger partial charge on any atom is -0.494 e. The fourth-order valence-electron chi connectivity index (χ4n) is 2.10. The highest BCUT2D eigenvalue weighted by molar-refractivity contribution is 5.29. The maximum Gasteiger partial charge on any atom is 0.119 e. The molecule has 0 bridgehead atoms. The molecular formula is C18H23NO2. The summed E-state index contributed by atoms with van der Waals surface area (Å²) in [6, 6.07) is 18.4. The fourth-order valence-corrected chi connectivity index (χ4v) is 2.10. The standard InChI is InChI=1S/C18H23NO2/c1-3-20-18-11-9-16(10-12-18)15(2)19-13-14-21-17-7-5-4-6-8-17/h4-12,15,19H,3,13-14H2,1-2H3. The van der Waals surface area contributed by atoms with Crippen LogP contribution in [0.1, 0.15) is 25.5 Å². The molecule has 21 heavy (non-hydrogen) atoms. The van der Waals surface area contributed by atoms with E-state index in [0.29, 0.717) is 19.3 Å². The largest absolute Gasteiger partial charge is 0.494 e. The second-order valence-corrected chi connectivity index (χ2v) is 4.84. The molecule has 0 aliphatic carbocycles. The highest BCUT2D eigenvalue weighted by atomic mass is 16.5. The molecule has 0 saturated carbocycles. The third kappa shape index (κ3) is 5.12. The normalized spacial score (nSPS) is 11.9. The third-order valence-electron chi connectivity index (χ3n) is 3.26. The zero-order valence-electron chi connectivity index (χ0n) is 12.7. The van der Waals surface area contributed by atoms with Gasteiger partial charge in [0.05, 0.1) is 6.61 Å². The van der Waals surface area contributed by atoms with Crippen molar-refractivity contribution in [3.63, 3.8) is 0 Å². The summed E-state index contributed by atoms with van der Waals surface area (Å²) in [5, 5.41) is 3.45. The van der Waals surface area contributed by atoms with Crippen molar-refractivity contribution in [1.29, 1.82) is 0 Å². The van der Waals surface area contributed by atoms with Crippen molar-refractivity contribution in [2.75, 3.05) is 19.8 Å². The van der Waals surface area contributed by atoms with Crippen LogP contribution in [-0.4, -0.2) is 19.8 Å². The van der Waals surface area contributed by atoms with E-state index >= 15 is 0 Å². The van der Waals surface area contributed by atoms with Gasteiger partial charge in [0, 0.05) is 12.6 Å². The lowest BCUT2D eigenvalue weighted by atomic mass is 10.1. The van der Waals surface area contributed by atoms with E-state index < -0.39 is 0 Å². The highest BCUT2D eigenvalue weighted by Crippen LogP contribution is 2.17. The van der Waals surface area contributed by atoms with Gasteiger partial charge in [0.15, 0.2) is 0 Å². The summed E-state index contributed by atoms with van der Waals surface area (Å²) in [6.07, 6.45) is 0. The van der Waals surface area contributed by atoms with Crippen molar-refractivity contribution in [2.45, 2.75) is 19.9 Å². The summed E-state index contributed by atoms with van der Waals surface area (Å²) < 4.78 is 11.1. The van der Waals surface area contributed by atoms with Crippen molar-refractivity contribution >= 4 is 0 Å². The van der Waals surface area contributed by atoms with Crippen molar-refractivity contribution in [2.24, 2.45) is 0 Å². The smallest absolute Gasteiger partial charge is 0.119 e. The van der Waals surface area contributed by atoms with Gasteiger partial charge in [-0.1, -0.05) is 30.3 Å². The Labute approximate surface area is 126 Å². The summed E-state index contributed by atoms with van der Waals surface area (Å²) in [5.41, 5.74) is 1.25. The van der Waals surface area contributed by atoms with Crippen LogP contribution in [0.3, 0.4) is 0 Å². The fraction of sp³-hybridized carbons (Fsp3) is 0.333. The molecule has 0 radical (unpaired) electrons. The molecule has 0 spiro atoms. The maximum atomic E-state index is 5.66. The molecule has 1 N–H and O–H groups in total. The lowest BCUT2D eigenvalue weighted by molar-refractivity contribution is 0.307. The summed E-state index contributed by atoms with van der Waals surface area (Å²) in [6.45, 7) is 6.31. The number of benzene rings is 2. The molecule has 2 aromatic carbocycles. The average Bonchev–Trinajstić information content (AvgIpc) is 2.53. The van der Waals surface area contributed by atoms with E-state index in [9.17, 15) is 0 Å². The van der Waals surface area contributed by atoms with E-state index in [4.69, 9.17) is 9.47 Å². The maximum absolute atomic E-state index is 5.66. The predicted octanol–water partition coefficient (Wildman–Crippen LogP) is 3.81. The molecular weight excluding hydrogens is 262 g/mol. The molecule has 0 aromatic heterocycles. The van der Waals surface area contributed by atoms with E-state index in [1.165, 1.54) is 5.56 Å². The van der Waals surface area contributed by atoms with Gasteiger partial charge in [-0.15, -0.1) is 0 Å². The van der Waals surface area contributed by atoms with Gasteiger partial charge in [-0.2, -0.15) is 0 Å². The van der Waals surface area contributed by atoms with E-state index in [-0.39, 0.29) is 0 Å². The molecule has 0 heterocycles. The Kier molecular flexibility index (Phi) is 6.10. The minimum atomic E-state index is 0.292. The number of nitrogens with one attached hydrogen (secondary N) is 1. The molecule has 0 aliphatic heterocycles. The Morgan fingerprint density at radius 3 is 2.24 bits per heavy atom. The van der Waals surface area contributed by atoms with E-state index in [0.717, 1.165) is 18.0 Å². The van der Waals surface area contributed by atoms with Crippen LogP contribution in [0.25, 0.3) is 0 Å².